The quantitative estimate of drug-likeness (QED) is 0.891. The molecule has 0 atom stereocenters. The first-order valence-electron chi connectivity index (χ1n) is 7.67. The first-order chi connectivity index (χ1) is 9.76. The lowest BCUT2D eigenvalue weighted by atomic mass is 10.1. The third kappa shape index (κ3) is 3.37. The van der Waals surface area contributed by atoms with Gasteiger partial charge in [0.1, 0.15) is 5.82 Å². The fourth-order valence-electron chi connectivity index (χ4n) is 2.95. The van der Waals surface area contributed by atoms with Crippen LogP contribution in [0.2, 0.25) is 0 Å². The Kier molecular flexibility index (Phi) is 4.34. The molecule has 110 valence electrons. The molecule has 0 amide bonds. The molecule has 4 heteroatoms. The van der Waals surface area contributed by atoms with Crippen LogP contribution in [0, 0.1) is 11.7 Å². The summed E-state index contributed by atoms with van der Waals surface area (Å²) >= 11 is 0. The number of rotatable bonds is 5. The van der Waals surface area contributed by atoms with Crippen molar-refractivity contribution in [3.05, 3.63) is 35.1 Å². The van der Waals surface area contributed by atoms with Gasteiger partial charge in [-0.3, -0.25) is 4.90 Å². The van der Waals surface area contributed by atoms with Crippen molar-refractivity contribution in [1.82, 2.24) is 9.80 Å². The van der Waals surface area contributed by atoms with E-state index in [1.165, 1.54) is 19.4 Å². The molecule has 1 saturated carbocycles. The largest absolute Gasteiger partial charge is 0.326 e. The number of halogens is 1. The zero-order valence-electron chi connectivity index (χ0n) is 12.0. The Hall–Kier alpha value is -0.970. The van der Waals surface area contributed by atoms with Gasteiger partial charge in [-0.2, -0.15) is 0 Å². The number of nitrogens with zero attached hydrogens (tertiary/aromatic N) is 2. The van der Waals surface area contributed by atoms with Crippen LogP contribution in [0.25, 0.3) is 0 Å². The third-order valence-electron chi connectivity index (χ3n) is 4.45. The Labute approximate surface area is 120 Å². The normalized spacial score (nSPS) is 21.3. The molecule has 0 radical (unpaired) electrons. The molecule has 0 unspecified atom stereocenters. The minimum atomic E-state index is -0.115. The van der Waals surface area contributed by atoms with E-state index in [2.05, 4.69) is 9.80 Å². The lowest BCUT2D eigenvalue weighted by Crippen LogP contribution is -2.46. The number of hydrogen-bond donors (Lipinski definition) is 1. The van der Waals surface area contributed by atoms with Crippen LogP contribution in [0.1, 0.15) is 24.0 Å². The summed E-state index contributed by atoms with van der Waals surface area (Å²) in [5, 5.41) is 0. The molecule has 1 aliphatic heterocycles. The van der Waals surface area contributed by atoms with Crippen molar-refractivity contribution in [2.75, 3.05) is 32.7 Å². The molecule has 0 aromatic heterocycles. The SMILES string of the molecule is NCc1cccc(CN2CCN(CC3CC3)CC2)c1F. The summed E-state index contributed by atoms with van der Waals surface area (Å²) in [6.45, 7) is 6.57. The highest BCUT2D eigenvalue weighted by Crippen LogP contribution is 2.30. The van der Waals surface area contributed by atoms with Crippen LogP contribution in [-0.2, 0) is 13.1 Å². The molecular weight excluding hydrogens is 253 g/mol. The van der Waals surface area contributed by atoms with Crippen LogP contribution in [0.15, 0.2) is 18.2 Å². The minimum absolute atomic E-state index is 0.115. The van der Waals surface area contributed by atoms with Gasteiger partial charge >= 0.3 is 0 Å². The highest BCUT2D eigenvalue weighted by molar-refractivity contribution is 5.25. The third-order valence-corrected chi connectivity index (χ3v) is 4.45. The van der Waals surface area contributed by atoms with Gasteiger partial charge in [-0.1, -0.05) is 18.2 Å². The van der Waals surface area contributed by atoms with Crippen LogP contribution in [0.5, 0.6) is 0 Å². The Morgan fingerprint density at radius 3 is 2.35 bits per heavy atom. The molecule has 0 bridgehead atoms. The summed E-state index contributed by atoms with van der Waals surface area (Å²) in [4.78, 5) is 4.91. The van der Waals surface area contributed by atoms with Gasteiger partial charge in [-0.15, -0.1) is 0 Å². The van der Waals surface area contributed by atoms with Crippen LogP contribution >= 0.6 is 0 Å². The van der Waals surface area contributed by atoms with Gasteiger partial charge in [-0.05, 0) is 18.8 Å². The number of hydrogen-bond acceptors (Lipinski definition) is 3. The summed E-state index contributed by atoms with van der Waals surface area (Å²) < 4.78 is 14.2. The molecule has 1 aromatic rings. The van der Waals surface area contributed by atoms with E-state index < -0.39 is 0 Å². The van der Waals surface area contributed by atoms with Crippen LogP contribution in [-0.4, -0.2) is 42.5 Å². The standard InChI is InChI=1S/C16H24FN3/c17-16-14(10-18)2-1-3-15(16)12-20-8-6-19(7-9-20)11-13-4-5-13/h1-3,13H,4-12,18H2. The molecule has 1 saturated heterocycles. The predicted molar refractivity (Wildman–Crippen MR) is 78.7 cm³/mol. The van der Waals surface area contributed by atoms with E-state index in [1.807, 2.05) is 12.1 Å². The monoisotopic (exact) mass is 277 g/mol. The van der Waals surface area contributed by atoms with E-state index in [4.69, 9.17) is 5.73 Å². The van der Waals surface area contributed by atoms with Crippen LogP contribution < -0.4 is 5.73 Å². The average molecular weight is 277 g/mol. The summed E-state index contributed by atoms with van der Waals surface area (Å²) in [5.41, 5.74) is 6.96. The highest BCUT2D eigenvalue weighted by atomic mass is 19.1. The van der Waals surface area contributed by atoms with E-state index in [0.29, 0.717) is 12.1 Å². The van der Waals surface area contributed by atoms with Crippen molar-refractivity contribution < 1.29 is 4.39 Å². The van der Waals surface area contributed by atoms with Crippen molar-refractivity contribution in [3.8, 4) is 0 Å². The lowest BCUT2D eigenvalue weighted by Gasteiger charge is -2.34. The number of nitrogens with two attached hydrogens (primary N) is 1. The molecule has 1 aromatic carbocycles. The first-order valence-corrected chi connectivity index (χ1v) is 7.67. The van der Waals surface area contributed by atoms with Gasteiger partial charge in [0.2, 0.25) is 0 Å². The molecule has 1 aliphatic carbocycles. The summed E-state index contributed by atoms with van der Waals surface area (Å²) in [6, 6.07) is 5.56. The van der Waals surface area contributed by atoms with Gasteiger partial charge in [0.25, 0.3) is 0 Å². The minimum Gasteiger partial charge on any atom is -0.326 e. The van der Waals surface area contributed by atoms with E-state index in [9.17, 15) is 4.39 Å². The summed E-state index contributed by atoms with van der Waals surface area (Å²) in [6.07, 6.45) is 2.83. The maximum Gasteiger partial charge on any atom is 0.132 e. The Balaban J connectivity index is 1.53. The maximum atomic E-state index is 14.2. The molecular formula is C16H24FN3. The smallest absolute Gasteiger partial charge is 0.132 e. The van der Waals surface area contributed by atoms with E-state index in [1.54, 1.807) is 6.07 Å². The number of benzene rings is 1. The second-order valence-electron chi connectivity index (χ2n) is 6.11. The zero-order valence-corrected chi connectivity index (χ0v) is 12.0. The predicted octanol–water partition coefficient (Wildman–Crippen LogP) is 1.81. The second kappa shape index (κ2) is 6.20. The molecule has 2 N–H and O–H groups in total. The Morgan fingerprint density at radius 2 is 1.70 bits per heavy atom. The molecule has 2 aliphatic rings. The van der Waals surface area contributed by atoms with Crippen molar-refractivity contribution in [2.24, 2.45) is 11.7 Å². The number of piperazine rings is 1. The van der Waals surface area contributed by atoms with E-state index >= 15 is 0 Å². The van der Waals surface area contributed by atoms with E-state index in [-0.39, 0.29) is 12.4 Å². The lowest BCUT2D eigenvalue weighted by molar-refractivity contribution is 0.122. The van der Waals surface area contributed by atoms with Gasteiger partial charge in [0, 0.05) is 56.9 Å². The fourth-order valence-corrected chi connectivity index (χ4v) is 2.95. The zero-order chi connectivity index (χ0) is 13.9. The van der Waals surface area contributed by atoms with Gasteiger partial charge in [-0.25, -0.2) is 4.39 Å². The Morgan fingerprint density at radius 1 is 1.05 bits per heavy atom. The van der Waals surface area contributed by atoms with Gasteiger partial charge in [0.15, 0.2) is 0 Å². The van der Waals surface area contributed by atoms with E-state index in [0.717, 1.165) is 37.7 Å². The van der Waals surface area contributed by atoms with Crippen LogP contribution in [0.3, 0.4) is 0 Å². The molecule has 3 rings (SSSR count). The molecule has 1 heterocycles. The first kappa shape index (κ1) is 14.0. The van der Waals surface area contributed by atoms with Crippen molar-refractivity contribution in [1.29, 1.82) is 0 Å². The van der Waals surface area contributed by atoms with Crippen LogP contribution in [0.4, 0.5) is 4.39 Å². The average Bonchev–Trinajstić information content (AvgIpc) is 3.27. The topological polar surface area (TPSA) is 32.5 Å². The Bertz CT molecular complexity index is 451. The summed E-state index contributed by atoms with van der Waals surface area (Å²) in [5.74, 6) is 0.843. The molecule has 3 nitrogen and oxygen atoms in total. The van der Waals surface area contributed by atoms with Crippen molar-refractivity contribution in [2.45, 2.75) is 25.9 Å². The van der Waals surface area contributed by atoms with Gasteiger partial charge in [0.05, 0.1) is 0 Å². The molecule has 20 heavy (non-hydrogen) atoms. The highest BCUT2D eigenvalue weighted by Gasteiger charge is 2.26. The van der Waals surface area contributed by atoms with Gasteiger partial charge < -0.3 is 10.6 Å². The fraction of sp³-hybridized carbons (Fsp3) is 0.625. The molecule has 0 spiro atoms. The maximum absolute atomic E-state index is 14.2. The molecule has 2 fully saturated rings. The van der Waals surface area contributed by atoms with Crippen molar-refractivity contribution >= 4 is 0 Å². The second-order valence-corrected chi connectivity index (χ2v) is 6.11. The van der Waals surface area contributed by atoms with Crippen molar-refractivity contribution in [3.63, 3.8) is 0 Å². The summed E-state index contributed by atoms with van der Waals surface area (Å²) in [7, 11) is 0.